The number of rotatable bonds is 2. The average Bonchev–Trinajstić information content (AvgIpc) is 2.95. The van der Waals surface area contributed by atoms with Crippen molar-refractivity contribution >= 4 is 17.5 Å². The van der Waals surface area contributed by atoms with Crippen molar-refractivity contribution in [1.29, 1.82) is 0 Å². The van der Waals surface area contributed by atoms with Crippen molar-refractivity contribution in [3.63, 3.8) is 0 Å². The second-order valence-corrected chi connectivity index (χ2v) is 7.81. The second-order valence-electron chi connectivity index (χ2n) is 7.81. The van der Waals surface area contributed by atoms with Gasteiger partial charge in [0.2, 0.25) is 11.8 Å². The van der Waals surface area contributed by atoms with Gasteiger partial charge in [0.25, 0.3) is 0 Å². The molecule has 3 aliphatic heterocycles. The van der Waals surface area contributed by atoms with E-state index >= 15 is 0 Å². The second kappa shape index (κ2) is 7.56. The van der Waals surface area contributed by atoms with Gasteiger partial charge in [-0.15, -0.1) is 0 Å². The summed E-state index contributed by atoms with van der Waals surface area (Å²) in [4.78, 5) is 29.1. The molecular formula is C20H25FN2O4. The minimum atomic E-state index is -0.363. The Kier molecular flexibility index (Phi) is 5.14. The lowest BCUT2D eigenvalue weighted by atomic mass is 9.80. The van der Waals surface area contributed by atoms with Gasteiger partial charge in [-0.2, -0.15) is 0 Å². The van der Waals surface area contributed by atoms with Gasteiger partial charge in [0.1, 0.15) is 5.82 Å². The van der Waals surface area contributed by atoms with E-state index in [1.807, 2.05) is 4.90 Å². The van der Waals surface area contributed by atoms with Crippen molar-refractivity contribution in [2.24, 2.45) is 11.3 Å². The van der Waals surface area contributed by atoms with Gasteiger partial charge in [0.15, 0.2) is 0 Å². The fourth-order valence-electron chi connectivity index (χ4n) is 4.29. The molecule has 3 saturated heterocycles. The van der Waals surface area contributed by atoms with Crippen LogP contribution < -0.4 is 4.90 Å². The zero-order valence-electron chi connectivity index (χ0n) is 15.4. The van der Waals surface area contributed by atoms with Crippen LogP contribution >= 0.6 is 0 Å². The van der Waals surface area contributed by atoms with Gasteiger partial charge >= 0.3 is 0 Å². The molecule has 7 heteroatoms. The minimum absolute atomic E-state index is 0.0179. The highest BCUT2D eigenvalue weighted by Crippen LogP contribution is 2.35. The molecule has 3 fully saturated rings. The van der Waals surface area contributed by atoms with Crippen molar-refractivity contribution in [3.05, 3.63) is 30.1 Å². The summed E-state index contributed by atoms with van der Waals surface area (Å²) >= 11 is 0. The fraction of sp³-hybridized carbons (Fsp3) is 0.600. The zero-order valence-corrected chi connectivity index (χ0v) is 15.4. The monoisotopic (exact) mass is 376 g/mol. The lowest BCUT2D eigenvalue weighted by Crippen LogP contribution is -2.46. The summed E-state index contributed by atoms with van der Waals surface area (Å²) in [7, 11) is 0. The highest BCUT2D eigenvalue weighted by Gasteiger charge is 2.42. The Balaban J connectivity index is 1.45. The molecule has 0 N–H and O–H groups in total. The number of carbonyl (C=O) groups is 2. The van der Waals surface area contributed by atoms with Crippen molar-refractivity contribution in [3.8, 4) is 0 Å². The summed E-state index contributed by atoms with van der Waals surface area (Å²) in [6, 6.07) is 5.82. The predicted octanol–water partition coefficient (Wildman–Crippen LogP) is 1.83. The largest absolute Gasteiger partial charge is 0.381 e. The molecule has 1 aromatic carbocycles. The van der Waals surface area contributed by atoms with Crippen LogP contribution in [0.1, 0.15) is 19.3 Å². The summed E-state index contributed by atoms with van der Waals surface area (Å²) in [5.74, 6) is -0.780. The lowest BCUT2D eigenvalue weighted by Gasteiger charge is -2.38. The Labute approximate surface area is 158 Å². The number of benzene rings is 1. The van der Waals surface area contributed by atoms with E-state index in [-0.39, 0.29) is 35.4 Å². The molecule has 2 amide bonds. The molecule has 0 aliphatic carbocycles. The summed E-state index contributed by atoms with van der Waals surface area (Å²) in [5, 5.41) is 0. The van der Waals surface area contributed by atoms with Crippen LogP contribution in [0.5, 0.6) is 0 Å². The third-order valence-electron chi connectivity index (χ3n) is 5.92. The molecule has 3 heterocycles. The molecular weight excluding hydrogens is 351 g/mol. The van der Waals surface area contributed by atoms with Crippen LogP contribution in [0.25, 0.3) is 0 Å². The minimum Gasteiger partial charge on any atom is -0.381 e. The number of amides is 2. The van der Waals surface area contributed by atoms with Crippen LogP contribution in [0.4, 0.5) is 10.1 Å². The molecule has 1 atom stereocenters. The van der Waals surface area contributed by atoms with Crippen molar-refractivity contribution in [2.45, 2.75) is 19.3 Å². The van der Waals surface area contributed by atoms with E-state index in [2.05, 4.69) is 0 Å². The topological polar surface area (TPSA) is 59.1 Å². The Bertz CT molecular complexity index is 702. The SMILES string of the molecule is O=C(C1CC(=O)N(c2ccc(F)cc2)C1)N1CCOCC2(CCOCC2)C1. The van der Waals surface area contributed by atoms with Gasteiger partial charge in [-0.3, -0.25) is 9.59 Å². The first-order valence-electron chi connectivity index (χ1n) is 9.57. The molecule has 146 valence electrons. The van der Waals surface area contributed by atoms with E-state index in [9.17, 15) is 14.0 Å². The Hall–Kier alpha value is -1.99. The number of hydrogen-bond acceptors (Lipinski definition) is 4. The van der Waals surface area contributed by atoms with Crippen molar-refractivity contribution in [1.82, 2.24) is 4.90 Å². The molecule has 27 heavy (non-hydrogen) atoms. The van der Waals surface area contributed by atoms with E-state index in [1.54, 1.807) is 17.0 Å². The molecule has 1 aromatic rings. The first-order valence-corrected chi connectivity index (χ1v) is 9.57. The standard InChI is InChI=1S/C20H25FN2O4/c21-16-1-3-17(4-2-16)23-12-15(11-18(23)24)19(25)22-7-10-27-14-20(13-22)5-8-26-9-6-20/h1-4,15H,5-14H2. The maximum atomic E-state index is 13.2. The molecule has 6 nitrogen and oxygen atoms in total. The summed E-state index contributed by atoms with van der Waals surface area (Å²) in [6.07, 6.45) is 1.98. The first-order chi connectivity index (χ1) is 13.1. The van der Waals surface area contributed by atoms with Crippen LogP contribution in [0.3, 0.4) is 0 Å². The molecule has 0 saturated carbocycles. The van der Waals surface area contributed by atoms with E-state index in [4.69, 9.17) is 9.47 Å². The third kappa shape index (κ3) is 3.84. The van der Waals surface area contributed by atoms with Crippen LogP contribution in [0.2, 0.25) is 0 Å². The molecule has 1 spiro atoms. The predicted molar refractivity (Wildman–Crippen MR) is 96.7 cm³/mol. The molecule has 0 aromatic heterocycles. The highest BCUT2D eigenvalue weighted by atomic mass is 19.1. The van der Waals surface area contributed by atoms with Crippen LogP contribution in [-0.2, 0) is 19.1 Å². The fourth-order valence-corrected chi connectivity index (χ4v) is 4.29. The smallest absolute Gasteiger partial charge is 0.228 e. The van der Waals surface area contributed by atoms with E-state index in [0.29, 0.717) is 51.7 Å². The molecule has 0 bridgehead atoms. The maximum absolute atomic E-state index is 13.2. The number of carbonyl (C=O) groups excluding carboxylic acids is 2. The zero-order chi connectivity index (χ0) is 18.9. The van der Waals surface area contributed by atoms with E-state index in [1.165, 1.54) is 12.1 Å². The molecule has 4 rings (SSSR count). The van der Waals surface area contributed by atoms with Gasteiger partial charge in [0.05, 0.1) is 19.1 Å². The Morgan fingerprint density at radius 3 is 2.59 bits per heavy atom. The number of nitrogens with zero attached hydrogens (tertiary/aromatic N) is 2. The van der Waals surface area contributed by atoms with Crippen LogP contribution in [0.15, 0.2) is 24.3 Å². The van der Waals surface area contributed by atoms with Gasteiger partial charge < -0.3 is 19.3 Å². The van der Waals surface area contributed by atoms with Crippen LogP contribution in [0, 0.1) is 17.2 Å². The number of halogens is 1. The van der Waals surface area contributed by atoms with Gasteiger partial charge in [-0.25, -0.2) is 4.39 Å². The Morgan fingerprint density at radius 2 is 1.85 bits per heavy atom. The molecule has 0 radical (unpaired) electrons. The first kappa shape index (κ1) is 18.4. The van der Waals surface area contributed by atoms with Crippen molar-refractivity contribution < 1.29 is 23.5 Å². The highest BCUT2D eigenvalue weighted by molar-refractivity contribution is 6.00. The Morgan fingerprint density at radius 1 is 1.11 bits per heavy atom. The normalized spacial score (nSPS) is 25.7. The van der Waals surface area contributed by atoms with Crippen molar-refractivity contribution in [2.75, 3.05) is 51.0 Å². The summed E-state index contributed by atoms with van der Waals surface area (Å²) in [5.41, 5.74) is 0.598. The molecule has 1 unspecified atom stereocenters. The number of anilines is 1. The lowest BCUT2D eigenvalue weighted by molar-refractivity contribution is -0.137. The quantitative estimate of drug-likeness (QED) is 0.790. The number of hydrogen-bond donors (Lipinski definition) is 0. The van der Waals surface area contributed by atoms with Gasteiger partial charge in [0, 0.05) is 50.4 Å². The van der Waals surface area contributed by atoms with E-state index in [0.717, 1.165) is 12.8 Å². The number of ether oxygens (including phenoxy) is 2. The third-order valence-corrected chi connectivity index (χ3v) is 5.92. The van der Waals surface area contributed by atoms with Gasteiger partial charge in [-0.05, 0) is 37.1 Å². The van der Waals surface area contributed by atoms with Crippen LogP contribution in [-0.4, -0.2) is 62.8 Å². The average molecular weight is 376 g/mol. The maximum Gasteiger partial charge on any atom is 0.228 e. The van der Waals surface area contributed by atoms with Gasteiger partial charge in [-0.1, -0.05) is 0 Å². The summed E-state index contributed by atoms with van der Waals surface area (Å²) in [6.45, 7) is 4.15. The van der Waals surface area contributed by atoms with E-state index < -0.39 is 0 Å². The summed E-state index contributed by atoms with van der Waals surface area (Å²) < 4.78 is 24.4. The molecule has 3 aliphatic rings.